The molecule has 8 heteroatoms. The molecule has 0 radical (unpaired) electrons. The number of methoxy groups -OCH3 is 2. The van der Waals surface area contributed by atoms with Gasteiger partial charge in [-0.3, -0.25) is 9.69 Å². The second-order valence-corrected chi connectivity index (χ2v) is 8.85. The maximum Gasteiger partial charge on any atom is 0.410 e. The van der Waals surface area contributed by atoms with E-state index < -0.39 is 11.0 Å². The van der Waals surface area contributed by atoms with Crippen molar-refractivity contribution in [3.8, 4) is 0 Å². The van der Waals surface area contributed by atoms with Crippen molar-refractivity contribution in [3.63, 3.8) is 0 Å². The van der Waals surface area contributed by atoms with Crippen LogP contribution in [0.5, 0.6) is 0 Å². The molecule has 28 heavy (non-hydrogen) atoms. The lowest BCUT2D eigenvalue weighted by molar-refractivity contribution is -0.144. The molecule has 0 aliphatic carbocycles. The number of hydrogen-bond donors (Lipinski definition) is 0. The van der Waals surface area contributed by atoms with Gasteiger partial charge in [-0.05, 0) is 40.2 Å². The minimum Gasteiger partial charge on any atom is -0.444 e. The number of nitrogens with zero attached hydrogens (tertiary/aromatic N) is 3. The molecule has 2 fully saturated rings. The summed E-state index contributed by atoms with van der Waals surface area (Å²) in [4.78, 5) is 31.9. The van der Waals surface area contributed by atoms with Gasteiger partial charge in [0.05, 0.1) is 18.6 Å². The number of likely N-dealkylation sites (tertiary alicyclic amines) is 1. The van der Waals surface area contributed by atoms with Gasteiger partial charge < -0.3 is 24.0 Å². The molecule has 8 nitrogen and oxygen atoms in total. The van der Waals surface area contributed by atoms with Gasteiger partial charge in [-0.25, -0.2) is 4.79 Å². The zero-order chi connectivity index (χ0) is 20.8. The van der Waals surface area contributed by atoms with E-state index in [1.807, 2.05) is 25.7 Å². The molecule has 2 aliphatic rings. The fraction of sp³-hybridized carbons (Fsp3) is 0.900. The third-order valence-corrected chi connectivity index (χ3v) is 5.37. The Bertz CT molecular complexity index is 536. The lowest BCUT2D eigenvalue weighted by Crippen LogP contribution is -2.50. The van der Waals surface area contributed by atoms with Crippen molar-refractivity contribution < 1.29 is 23.8 Å². The molecule has 2 amide bonds. The van der Waals surface area contributed by atoms with Crippen molar-refractivity contribution in [2.75, 3.05) is 73.2 Å². The molecular weight excluding hydrogens is 362 g/mol. The summed E-state index contributed by atoms with van der Waals surface area (Å²) in [5, 5.41) is 0. The van der Waals surface area contributed by atoms with Crippen LogP contribution >= 0.6 is 0 Å². The average molecular weight is 400 g/mol. The van der Waals surface area contributed by atoms with E-state index in [9.17, 15) is 9.59 Å². The van der Waals surface area contributed by atoms with Crippen molar-refractivity contribution in [3.05, 3.63) is 0 Å². The van der Waals surface area contributed by atoms with Crippen molar-refractivity contribution in [2.24, 2.45) is 5.41 Å². The highest BCUT2D eigenvalue weighted by Crippen LogP contribution is 2.34. The zero-order valence-corrected chi connectivity index (χ0v) is 18.2. The Balaban J connectivity index is 2.02. The maximum absolute atomic E-state index is 13.5. The van der Waals surface area contributed by atoms with Crippen LogP contribution in [0.25, 0.3) is 0 Å². The molecule has 0 unspecified atom stereocenters. The van der Waals surface area contributed by atoms with Gasteiger partial charge in [0.15, 0.2) is 0 Å². The average Bonchev–Trinajstić information content (AvgIpc) is 2.91. The Morgan fingerprint density at radius 3 is 2.36 bits per heavy atom. The first-order chi connectivity index (χ1) is 13.2. The topological polar surface area (TPSA) is 71.6 Å². The summed E-state index contributed by atoms with van der Waals surface area (Å²) in [5.41, 5.74) is -1.24. The molecule has 0 N–H and O–H groups in total. The Morgan fingerprint density at radius 1 is 0.964 bits per heavy atom. The van der Waals surface area contributed by atoms with E-state index in [1.54, 1.807) is 19.1 Å². The summed E-state index contributed by atoms with van der Waals surface area (Å²) < 4.78 is 16.1. The van der Waals surface area contributed by atoms with Gasteiger partial charge in [0.25, 0.3) is 0 Å². The second-order valence-electron chi connectivity index (χ2n) is 8.85. The molecule has 2 rings (SSSR count). The zero-order valence-electron chi connectivity index (χ0n) is 18.2. The summed E-state index contributed by atoms with van der Waals surface area (Å²) >= 11 is 0. The molecule has 2 heterocycles. The van der Waals surface area contributed by atoms with Crippen LogP contribution in [0.15, 0.2) is 0 Å². The van der Waals surface area contributed by atoms with E-state index in [0.717, 1.165) is 32.6 Å². The summed E-state index contributed by atoms with van der Waals surface area (Å²) in [6.45, 7) is 11.5. The van der Waals surface area contributed by atoms with Crippen LogP contribution in [0.4, 0.5) is 4.79 Å². The molecule has 0 spiro atoms. The van der Waals surface area contributed by atoms with Crippen molar-refractivity contribution in [1.29, 1.82) is 0 Å². The number of rotatable bonds is 6. The predicted molar refractivity (Wildman–Crippen MR) is 106 cm³/mol. The monoisotopic (exact) mass is 399 g/mol. The fourth-order valence-corrected chi connectivity index (χ4v) is 3.94. The minimum atomic E-state index is -0.687. The van der Waals surface area contributed by atoms with Crippen molar-refractivity contribution in [2.45, 2.75) is 39.2 Å². The summed E-state index contributed by atoms with van der Waals surface area (Å²) in [6, 6.07) is 0. The van der Waals surface area contributed by atoms with Crippen molar-refractivity contribution >= 4 is 12.0 Å². The first-order valence-electron chi connectivity index (χ1n) is 10.2. The molecule has 0 aromatic heterocycles. The highest BCUT2D eigenvalue weighted by Gasteiger charge is 2.48. The largest absolute Gasteiger partial charge is 0.444 e. The number of hydrogen-bond acceptors (Lipinski definition) is 6. The third kappa shape index (κ3) is 6.06. The lowest BCUT2D eigenvalue weighted by Gasteiger charge is -2.33. The summed E-state index contributed by atoms with van der Waals surface area (Å²) in [6.07, 6.45) is 1.18. The fourth-order valence-electron chi connectivity index (χ4n) is 3.94. The van der Waals surface area contributed by atoms with Crippen LogP contribution in [0.3, 0.4) is 0 Å². The van der Waals surface area contributed by atoms with Crippen LogP contribution in [-0.2, 0) is 19.0 Å². The maximum atomic E-state index is 13.5. The van der Waals surface area contributed by atoms with E-state index in [4.69, 9.17) is 14.2 Å². The molecule has 1 atom stereocenters. The molecule has 2 saturated heterocycles. The second kappa shape index (κ2) is 9.89. The third-order valence-electron chi connectivity index (χ3n) is 5.37. The van der Waals surface area contributed by atoms with E-state index in [1.165, 1.54) is 0 Å². The Morgan fingerprint density at radius 2 is 1.71 bits per heavy atom. The van der Waals surface area contributed by atoms with Gasteiger partial charge in [-0.2, -0.15) is 0 Å². The molecule has 0 aromatic rings. The number of amides is 2. The van der Waals surface area contributed by atoms with Crippen LogP contribution in [0, 0.1) is 5.41 Å². The van der Waals surface area contributed by atoms with Gasteiger partial charge in [0.1, 0.15) is 5.60 Å². The normalized spacial score (nSPS) is 24.3. The molecule has 162 valence electrons. The SMILES string of the molecule is COCCN1CCCN(C(=O)[C@]2(COC)CCN(C(=O)OC(C)(C)C)C2)CC1. The van der Waals surface area contributed by atoms with Crippen LogP contribution in [-0.4, -0.2) is 106 Å². The molecule has 0 aromatic carbocycles. The molecule has 0 saturated carbocycles. The summed E-state index contributed by atoms with van der Waals surface area (Å²) in [7, 11) is 3.32. The summed E-state index contributed by atoms with van der Waals surface area (Å²) in [5.74, 6) is 0.0917. The number of carbonyl (C=O) groups is 2. The van der Waals surface area contributed by atoms with Gasteiger partial charge in [-0.15, -0.1) is 0 Å². The van der Waals surface area contributed by atoms with E-state index in [-0.39, 0.29) is 12.0 Å². The minimum absolute atomic E-state index is 0.0917. The van der Waals surface area contributed by atoms with E-state index >= 15 is 0 Å². The highest BCUT2D eigenvalue weighted by molar-refractivity contribution is 5.85. The standard InChI is InChI=1S/C20H37N3O5/c1-19(2,3)28-18(25)23-10-7-20(15-23,16-27-5)17(24)22-9-6-8-21(11-12-22)13-14-26-4/h6-16H2,1-5H3/t20-/m1/s1. The van der Waals surface area contributed by atoms with Gasteiger partial charge >= 0.3 is 6.09 Å². The molecule has 2 aliphatic heterocycles. The lowest BCUT2D eigenvalue weighted by atomic mass is 9.86. The molecule has 0 bridgehead atoms. The quantitative estimate of drug-likeness (QED) is 0.673. The first-order valence-corrected chi connectivity index (χ1v) is 10.2. The molecular formula is C20H37N3O5. The smallest absolute Gasteiger partial charge is 0.410 e. The number of ether oxygens (including phenoxy) is 3. The van der Waals surface area contributed by atoms with Crippen LogP contribution in [0.1, 0.15) is 33.6 Å². The first kappa shape index (κ1) is 22.9. The van der Waals surface area contributed by atoms with Gasteiger partial charge in [0.2, 0.25) is 5.91 Å². The van der Waals surface area contributed by atoms with Gasteiger partial charge in [0, 0.05) is 53.5 Å². The van der Waals surface area contributed by atoms with Crippen molar-refractivity contribution in [1.82, 2.24) is 14.7 Å². The number of carbonyl (C=O) groups excluding carboxylic acids is 2. The predicted octanol–water partition coefficient (Wildman–Crippen LogP) is 1.44. The van der Waals surface area contributed by atoms with Gasteiger partial charge in [-0.1, -0.05) is 0 Å². The van der Waals surface area contributed by atoms with Crippen LogP contribution < -0.4 is 0 Å². The highest BCUT2D eigenvalue weighted by atomic mass is 16.6. The van der Waals surface area contributed by atoms with E-state index in [0.29, 0.717) is 39.3 Å². The van der Waals surface area contributed by atoms with Crippen LogP contribution in [0.2, 0.25) is 0 Å². The Kier molecular flexibility index (Phi) is 8.09. The van der Waals surface area contributed by atoms with E-state index in [2.05, 4.69) is 4.90 Å². The Hall–Kier alpha value is -1.38. The Labute approximate surface area is 169 Å².